The minimum Gasteiger partial charge on any atom is -0.710 e. The van der Waals surface area contributed by atoms with E-state index in [9.17, 15) is 10.4 Å². The first-order chi connectivity index (χ1) is 9.27. The van der Waals surface area contributed by atoms with Crippen molar-refractivity contribution in [1.29, 1.82) is 0 Å². The maximum atomic E-state index is 12.3. The molecule has 0 aliphatic heterocycles. The van der Waals surface area contributed by atoms with Gasteiger partial charge in [0, 0.05) is 11.5 Å². The van der Waals surface area contributed by atoms with Crippen LogP contribution in [0.2, 0.25) is 0 Å². The first kappa shape index (κ1) is 11.5. The number of hydrogen-bond donors (Lipinski definition) is 1. The Kier molecular flexibility index (Phi) is 2.78. The number of rotatable bonds is 2. The summed E-state index contributed by atoms with van der Waals surface area (Å²) in [5, 5.41) is 24.1. The molecule has 0 atom stereocenters. The summed E-state index contributed by atoms with van der Waals surface area (Å²) in [6.45, 7) is 0. The molecule has 0 bridgehead atoms. The van der Waals surface area contributed by atoms with Crippen LogP contribution in [0.4, 0.5) is 11.5 Å². The van der Waals surface area contributed by atoms with Crippen LogP contribution in [-0.2, 0) is 0 Å². The van der Waals surface area contributed by atoms with Crippen LogP contribution in [0.15, 0.2) is 66.7 Å². The SMILES string of the molecule is [O-][n+]1c(N(O)c2ccccc2)ccc2ccccc21. The summed E-state index contributed by atoms with van der Waals surface area (Å²) >= 11 is 0. The van der Waals surface area contributed by atoms with Crippen LogP contribution >= 0.6 is 0 Å². The second kappa shape index (κ2) is 4.59. The Balaban J connectivity index is 2.13. The molecule has 0 spiro atoms. The maximum absolute atomic E-state index is 12.3. The van der Waals surface area contributed by atoms with Crippen LogP contribution in [-0.4, -0.2) is 5.21 Å². The summed E-state index contributed by atoms with van der Waals surface area (Å²) in [4.78, 5) is 0. The van der Waals surface area contributed by atoms with E-state index in [4.69, 9.17) is 0 Å². The number of anilines is 2. The average Bonchev–Trinajstić information content (AvgIpc) is 2.48. The molecule has 1 heterocycles. The highest BCUT2D eigenvalue weighted by Crippen LogP contribution is 2.21. The van der Waals surface area contributed by atoms with Crippen molar-refractivity contribution in [3.8, 4) is 0 Å². The molecular weight excluding hydrogens is 240 g/mol. The second-order valence-electron chi connectivity index (χ2n) is 4.19. The van der Waals surface area contributed by atoms with Crippen LogP contribution in [0.1, 0.15) is 0 Å². The van der Waals surface area contributed by atoms with Crippen LogP contribution in [0, 0.1) is 5.21 Å². The monoisotopic (exact) mass is 252 g/mol. The zero-order valence-electron chi connectivity index (χ0n) is 10.1. The molecule has 1 aromatic heterocycles. The molecule has 3 rings (SSSR count). The van der Waals surface area contributed by atoms with Gasteiger partial charge < -0.3 is 5.21 Å². The van der Waals surface area contributed by atoms with Gasteiger partial charge in [0.15, 0.2) is 5.69 Å². The molecule has 0 aliphatic rings. The molecule has 0 saturated carbocycles. The van der Waals surface area contributed by atoms with Crippen molar-refractivity contribution in [2.24, 2.45) is 0 Å². The first-order valence-corrected chi connectivity index (χ1v) is 5.93. The van der Waals surface area contributed by atoms with Crippen LogP contribution < -0.4 is 9.79 Å². The van der Waals surface area contributed by atoms with Gasteiger partial charge in [-0.15, -0.1) is 0 Å². The largest absolute Gasteiger partial charge is 0.710 e. The molecule has 3 aromatic rings. The molecular formula is C15H12N2O2. The van der Waals surface area contributed by atoms with Gasteiger partial charge in [0.2, 0.25) is 0 Å². The highest BCUT2D eigenvalue weighted by atomic mass is 16.5. The Hall–Kier alpha value is -2.59. The highest BCUT2D eigenvalue weighted by Gasteiger charge is 2.18. The minimum atomic E-state index is 0.171. The van der Waals surface area contributed by atoms with Crippen molar-refractivity contribution >= 4 is 22.4 Å². The second-order valence-corrected chi connectivity index (χ2v) is 4.19. The molecule has 4 nitrogen and oxygen atoms in total. The molecule has 0 radical (unpaired) electrons. The number of pyridine rings is 1. The standard InChI is InChI=1S/C15H12N2O2/c18-16(13-7-2-1-3-8-13)15-11-10-12-6-4-5-9-14(12)17(15)19/h1-11,18H. The number of fused-ring (bicyclic) bond motifs is 1. The fourth-order valence-electron chi connectivity index (χ4n) is 2.03. The summed E-state index contributed by atoms with van der Waals surface area (Å²) in [6, 6.07) is 19.6. The van der Waals surface area contributed by atoms with Gasteiger partial charge in [0.1, 0.15) is 5.52 Å². The Labute approximate surface area is 110 Å². The lowest BCUT2D eigenvalue weighted by atomic mass is 10.2. The normalized spacial score (nSPS) is 10.6. The molecule has 1 N–H and O–H groups in total. The van der Waals surface area contributed by atoms with E-state index in [0.29, 0.717) is 11.2 Å². The predicted molar refractivity (Wildman–Crippen MR) is 73.3 cm³/mol. The molecule has 19 heavy (non-hydrogen) atoms. The van der Waals surface area contributed by atoms with Crippen molar-refractivity contribution < 1.29 is 9.94 Å². The van der Waals surface area contributed by atoms with E-state index in [1.165, 1.54) is 0 Å². The van der Waals surface area contributed by atoms with E-state index in [1.54, 1.807) is 42.5 Å². The third-order valence-corrected chi connectivity index (χ3v) is 2.99. The summed E-state index contributed by atoms with van der Waals surface area (Å²) in [6.07, 6.45) is 0. The van der Waals surface area contributed by atoms with Gasteiger partial charge in [-0.1, -0.05) is 41.5 Å². The third kappa shape index (κ3) is 1.98. The lowest BCUT2D eigenvalue weighted by Gasteiger charge is -2.15. The molecule has 0 unspecified atom stereocenters. The van der Waals surface area contributed by atoms with E-state index < -0.39 is 0 Å². The van der Waals surface area contributed by atoms with E-state index in [1.807, 2.05) is 24.3 Å². The zero-order chi connectivity index (χ0) is 13.2. The van der Waals surface area contributed by atoms with Crippen LogP contribution in [0.3, 0.4) is 0 Å². The van der Waals surface area contributed by atoms with E-state index in [-0.39, 0.29) is 5.82 Å². The molecule has 4 heteroatoms. The van der Waals surface area contributed by atoms with Crippen molar-refractivity contribution in [1.82, 2.24) is 0 Å². The Morgan fingerprint density at radius 2 is 1.53 bits per heavy atom. The van der Waals surface area contributed by atoms with E-state index in [2.05, 4.69) is 0 Å². The molecule has 0 saturated heterocycles. The van der Waals surface area contributed by atoms with Gasteiger partial charge in [-0.2, -0.15) is 0 Å². The van der Waals surface area contributed by atoms with Crippen LogP contribution in [0.5, 0.6) is 0 Å². The van der Waals surface area contributed by atoms with Crippen molar-refractivity contribution in [2.75, 3.05) is 5.06 Å². The van der Waals surface area contributed by atoms with Crippen molar-refractivity contribution in [3.63, 3.8) is 0 Å². The van der Waals surface area contributed by atoms with Gasteiger partial charge in [0.05, 0.1) is 0 Å². The number of hydrogen-bond acceptors (Lipinski definition) is 3. The zero-order valence-corrected chi connectivity index (χ0v) is 10.1. The van der Waals surface area contributed by atoms with Crippen molar-refractivity contribution in [3.05, 3.63) is 71.9 Å². The lowest BCUT2D eigenvalue weighted by molar-refractivity contribution is -0.565. The maximum Gasteiger partial charge on any atom is 0.315 e. The summed E-state index contributed by atoms with van der Waals surface area (Å²) in [5.41, 5.74) is 1.07. The summed E-state index contributed by atoms with van der Waals surface area (Å²) in [7, 11) is 0. The Morgan fingerprint density at radius 3 is 2.32 bits per heavy atom. The highest BCUT2D eigenvalue weighted by molar-refractivity contribution is 5.77. The van der Waals surface area contributed by atoms with Gasteiger partial charge in [-0.25, -0.2) is 9.94 Å². The van der Waals surface area contributed by atoms with E-state index >= 15 is 0 Å². The van der Waals surface area contributed by atoms with Crippen molar-refractivity contribution in [2.45, 2.75) is 0 Å². The minimum absolute atomic E-state index is 0.171. The number of nitrogens with zero attached hydrogens (tertiary/aromatic N) is 2. The van der Waals surface area contributed by atoms with Gasteiger partial charge in [-0.3, -0.25) is 0 Å². The van der Waals surface area contributed by atoms with Gasteiger partial charge in [0.25, 0.3) is 0 Å². The molecule has 0 fully saturated rings. The predicted octanol–water partition coefficient (Wildman–Crippen LogP) is 3.00. The fraction of sp³-hybridized carbons (Fsp3) is 0. The summed E-state index contributed by atoms with van der Waals surface area (Å²) < 4.78 is 0.725. The number of aromatic nitrogens is 1. The third-order valence-electron chi connectivity index (χ3n) is 2.99. The van der Waals surface area contributed by atoms with Gasteiger partial charge >= 0.3 is 5.82 Å². The fourth-order valence-corrected chi connectivity index (χ4v) is 2.03. The smallest absolute Gasteiger partial charge is 0.315 e. The molecule has 0 amide bonds. The Bertz CT molecular complexity index is 714. The quantitative estimate of drug-likeness (QED) is 0.433. The average molecular weight is 252 g/mol. The molecule has 2 aromatic carbocycles. The first-order valence-electron chi connectivity index (χ1n) is 5.93. The number of benzene rings is 2. The van der Waals surface area contributed by atoms with E-state index in [0.717, 1.165) is 15.2 Å². The van der Waals surface area contributed by atoms with Crippen LogP contribution in [0.25, 0.3) is 10.9 Å². The molecule has 0 aliphatic carbocycles. The van der Waals surface area contributed by atoms with Gasteiger partial charge in [-0.05, 0) is 24.3 Å². The lowest BCUT2D eigenvalue weighted by Crippen LogP contribution is -2.35. The summed E-state index contributed by atoms with van der Waals surface area (Å²) in [5.74, 6) is 0.171. The molecule has 94 valence electrons. The number of para-hydroxylation sites is 2. The topological polar surface area (TPSA) is 50.4 Å². The Morgan fingerprint density at radius 1 is 0.842 bits per heavy atom.